The van der Waals surface area contributed by atoms with Gasteiger partial charge in [0.15, 0.2) is 0 Å². The summed E-state index contributed by atoms with van der Waals surface area (Å²) in [7, 11) is 3.45. The van der Waals surface area contributed by atoms with Crippen LogP contribution in [0.3, 0.4) is 0 Å². The van der Waals surface area contributed by atoms with E-state index >= 15 is 0 Å². The summed E-state index contributed by atoms with van der Waals surface area (Å²) in [6.45, 7) is 5.70. The largest absolute Gasteiger partial charge is 0.388 e. The van der Waals surface area contributed by atoms with E-state index in [-0.39, 0.29) is 12.0 Å². The molecule has 0 saturated carbocycles. The zero-order valence-corrected chi connectivity index (χ0v) is 12.8. The molecule has 0 aromatic heterocycles. The molecule has 1 rings (SSSR count). The summed E-state index contributed by atoms with van der Waals surface area (Å²) in [5, 5.41) is 3.98. The van der Waals surface area contributed by atoms with Crippen molar-refractivity contribution in [2.45, 2.75) is 26.9 Å². The highest BCUT2D eigenvalue weighted by Crippen LogP contribution is 2.22. The molecule has 0 bridgehead atoms. The summed E-state index contributed by atoms with van der Waals surface area (Å²) < 4.78 is 0. The summed E-state index contributed by atoms with van der Waals surface area (Å²) in [5.41, 5.74) is 2.83. The van der Waals surface area contributed by atoms with Crippen LogP contribution in [0.1, 0.15) is 38.0 Å². The minimum Gasteiger partial charge on any atom is -0.388 e. The van der Waals surface area contributed by atoms with E-state index in [0.29, 0.717) is 0 Å². The maximum absolute atomic E-state index is 11.6. The fourth-order valence-corrected chi connectivity index (χ4v) is 1.58. The maximum Gasteiger partial charge on any atom is 0.246 e. The average Bonchev–Trinajstić information content (AvgIpc) is 2.42. The van der Waals surface area contributed by atoms with Crippen molar-refractivity contribution in [2.75, 3.05) is 14.1 Å². The number of carbonyl (C=O) groups excluding carboxylic acids is 1. The van der Waals surface area contributed by atoms with Crippen LogP contribution in [-0.4, -0.2) is 30.6 Å². The Hall–Kier alpha value is -2.10. The molecule has 1 amide bonds. The van der Waals surface area contributed by atoms with Crippen LogP contribution in [0.4, 0.5) is 0 Å². The van der Waals surface area contributed by atoms with Gasteiger partial charge in [0.05, 0.1) is 5.71 Å². The molecule has 0 fully saturated rings. The lowest BCUT2D eigenvalue weighted by atomic mass is 10.0. The molecule has 0 spiro atoms. The van der Waals surface area contributed by atoms with Gasteiger partial charge in [-0.1, -0.05) is 29.4 Å². The van der Waals surface area contributed by atoms with Crippen molar-refractivity contribution in [2.24, 2.45) is 5.16 Å². The molecule has 0 radical (unpaired) electrons. The highest BCUT2D eigenvalue weighted by molar-refractivity contribution is 5.91. The summed E-state index contributed by atoms with van der Waals surface area (Å²) in [6, 6.07) is 7.81. The van der Waals surface area contributed by atoms with E-state index in [0.717, 1.165) is 16.8 Å². The van der Waals surface area contributed by atoms with Crippen LogP contribution in [-0.2, 0) is 9.63 Å². The number of likely N-dealkylation sites (N-methyl/N-ethyl adjacent to an activating group) is 1. The van der Waals surface area contributed by atoms with Crippen molar-refractivity contribution in [3.63, 3.8) is 0 Å². The van der Waals surface area contributed by atoms with Gasteiger partial charge in [0.25, 0.3) is 0 Å². The van der Waals surface area contributed by atoms with Gasteiger partial charge in [-0.3, -0.25) is 4.79 Å². The fourth-order valence-electron chi connectivity index (χ4n) is 1.58. The van der Waals surface area contributed by atoms with E-state index in [1.54, 1.807) is 26.2 Å². The van der Waals surface area contributed by atoms with E-state index in [1.807, 2.05) is 45.0 Å². The second-order valence-electron chi connectivity index (χ2n) is 4.98. The Morgan fingerprint density at radius 2 is 1.95 bits per heavy atom. The molecule has 0 aliphatic heterocycles. The molecule has 0 heterocycles. The van der Waals surface area contributed by atoms with Crippen molar-refractivity contribution < 1.29 is 9.63 Å². The lowest BCUT2D eigenvalue weighted by molar-refractivity contribution is -0.123. The van der Waals surface area contributed by atoms with E-state index < -0.39 is 0 Å². The highest BCUT2D eigenvalue weighted by atomic mass is 16.6. The third kappa shape index (κ3) is 4.88. The first-order valence-electron chi connectivity index (χ1n) is 6.57. The molecule has 0 N–H and O–H groups in total. The molecule has 0 aliphatic carbocycles. The van der Waals surface area contributed by atoms with Gasteiger partial charge in [-0.2, -0.15) is 0 Å². The molecule has 1 unspecified atom stereocenters. The summed E-state index contributed by atoms with van der Waals surface area (Å²) >= 11 is 0. The minimum atomic E-state index is -0.166. The Balaban J connectivity index is 2.93. The summed E-state index contributed by atoms with van der Waals surface area (Å²) in [6.07, 6.45) is 3.19. The molecule has 1 aromatic rings. The molecule has 4 heteroatoms. The molecule has 0 saturated heterocycles. The number of hydrogen-bond acceptors (Lipinski definition) is 3. The first kappa shape index (κ1) is 16.0. The molecule has 4 nitrogen and oxygen atoms in total. The maximum atomic E-state index is 11.6. The third-order valence-corrected chi connectivity index (χ3v) is 2.67. The number of amides is 1. The Morgan fingerprint density at radius 3 is 2.55 bits per heavy atom. The number of benzene rings is 1. The van der Waals surface area contributed by atoms with Gasteiger partial charge in [-0.05, 0) is 32.4 Å². The molecule has 20 heavy (non-hydrogen) atoms. The second kappa shape index (κ2) is 7.48. The van der Waals surface area contributed by atoms with Gasteiger partial charge in [0, 0.05) is 25.7 Å². The van der Waals surface area contributed by atoms with Gasteiger partial charge in [0.1, 0.15) is 6.10 Å². The van der Waals surface area contributed by atoms with Crippen molar-refractivity contribution in [3.05, 3.63) is 41.5 Å². The Kier molecular flexibility index (Phi) is 5.97. The SMILES string of the molecule is CC(C)=NOC(C)c1ccccc1/C=C/C(=O)N(C)C. The predicted octanol–water partition coefficient (Wildman–Crippen LogP) is 3.26. The van der Waals surface area contributed by atoms with Crippen LogP contribution >= 0.6 is 0 Å². The number of hydrogen-bond donors (Lipinski definition) is 0. The Morgan fingerprint density at radius 1 is 1.30 bits per heavy atom. The smallest absolute Gasteiger partial charge is 0.246 e. The normalized spacial score (nSPS) is 12.1. The van der Waals surface area contributed by atoms with E-state index in [9.17, 15) is 4.79 Å². The van der Waals surface area contributed by atoms with Crippen LogP contribution in [0, 0.1) is 0 Å². The Bertz CT molecular complexity index is 515. The predicted molar refractivity (Wildman–Crippen MR) is 82.5 cm³/mol. The standard InChI is InChI=1S/C16H22N2O2/c1-12(2)17-20-13(3)15-9-7-6-8-14(15)10-11-16(19)18(4)5/h6-11,13H,1-5H3/b11-10+. The number of carbonyl (C=O) groups is 1. The zero-order valence-electron chi connectivity index (χ0n) is 12.8. The molecule has 0 aliphatic rings. The first-order chi connectivity index (χ1) is 9.41. The van der Waals surface area contributed by atoms with Crippen LogP contribution < -0.4 is 0 Å². The van der Waals surface area contributed by atoms with Gasteiger partial charge in [-0.25, -0.2) is 0 Å². The van der Waals surface area contributed by atoms with E-state index in [1.165, 1.54) is 4.90 Å². The van der Waals surface area contributed by atoms with Gasteiger partial charge < -0.3 is 9.74 Å². The highest BCUT2D eigenvalue weighted by Gasteiger charge is 2.10. The first-order valence-corrected chi connectivity index (χ1v) is 6.57. The van der Waals surface area contributed by atoms with Crippen molar-refractivity contribution >= 4 is 17.7 Å². The molecule has 108 valence electrons. The number of oxime groups is 1. The second-order valence-corrected chi connectivity index (χ2v) is 4.98. The average molecular weight is 274 g/mol. The monoisotopic (exact) mass is 274 g/mol. The van der Waals surface area contributed by atoms with E-state index in [4.69, 9.17) is 4.84 Å². The van der Waals surface area contributed by atoms with Crippen LogP contribution in [0.5, 0.6) is 0 Å². The topological polar surface area (TPSA) is 41.9 Å². The Labute approximate surface area is 120 Å². The zero-order chi connectivity index (χ0) is 15.1. The van der Waals surface area contributed by atoms with Gasteiger partial charge in [-0.15, -0.1) is 0 Å². The molecular weight excluding hydrogens is 252 g/mol. The lowest BCUT2D eigenvalue weighted by Crippen LogP contribution is -2.18. The lowest BCUT2D eigenvalue weighted by Gasteiger charge is -2.13. The van der Waals surface area contributed by atoms with Crippen LogP contribution in [0.25, 0.3) is 6.08 Å². The third-order valence-electron chi connectivity index (χ3n) is 2.67. The van der Waals surface area contributed by atoms with Gasteiger partial charge in [0.2, 0.25) is 5.91 Å². The van der Waals surface area contributed by atoms with Crippen LogP contribution in [0.2, 0.25) is 0 Å². The molecule has 1 atom stereocenters. The molecular formula is C16H22N2O2. The number of nitrogens with zero attached hydrogens (tertiary/aromatic N) is 2. The number of rotatable bonds is 5. The summed E-state index contributed by atoms with van der Waals surface area (Å²) in [5.74, 6) is -0.0456. The molecule has 1 aromatic carbocycles. The van der Waals surface area contributed by atoms with Gasteiger partial charge >= 0.3 is 0 Å². The van der Waals surface area contributed by atoms with Crippen molar-refractivity contribution in [1.29, 1.82) is 0 Å². The quantitative estimate of drug-likeness (QED) is 0.470. The fraction of sp³-hybridized carbons (Fsp3) is 0.375. The summed E-state index contributed by atoms with van der Waals surface area (Å²) in [4.78, 5) is 18.6. The minimum absolute atomic E-state index is 0.0456. The van der Waals surface area contributed by atoms with Crippen LogP contribution in [0.15, 0.2) is 35.5 Å². The van der Waals surface area contributed by atoms with E-state index in [2.05, 4.69) is 5.16 Å². The van der Waals surface area contributed by atoms with Crippen molar-refractivity contribution in [1.82, 2.24) is 4.90 Å². The van der Waals surface area contributed by atoms with Crippen molar-refractivity contribution in [3.8, 4) is 0 Å².